The fourth-order valence-corrected chi connectivity index (χ4v) is 7.23. The summed E-state index contributed by atoms with van der Waals surface area (Å²) in [6.07, 6.45) is -6.43. The van der Waals surface area contributed by atoms with Crippen molar-refractivity contribution in [2.45, 2.75) is 60.7 Å². The molecule has 56 heavy (non-hydrogen) atoms. The van der Waals surface area contributed by atoms with E-state index in [0.717, 1.165) is 0 Å². The lowest BCUT2D eigenvalue weighted by molar-refractivity contribution is -0.0500. The summed E-state index contributed by atoms with van der Waals surface area (Å²) in [6, 6.07) is 22.8. The summed E-state index contributed by atoms with van der Waals surface area (Å²) in [5, 5.41) is 72.4. The first kappa shape index (κ1) is 36.3. The molecule has 2 saturated heterocycles. The van der Waals surface area contributed by atoms with Crippen molar-refractivity contribution in [2.24, 2.45) is 0 Å². The number of nitrogens with two attached hydrogens (primary N) is 2. The standard InChI is InChI=1S/C37H32N10O9/c38-15-36(27-11-9-23-33(40)42-17-44-46(23)27)31(50)29(48)25(55-36)13-19-1-5-21(6-2-19)53-35(52)54-22-7-3-20(4-8-22)14-26-30(49)32(51)37(16-39,56-26)28-12-10-24-34(41)43-18-45-47(24)28/h1-12,17-18,25-26,29-32,48-51H,13-14H2,(H2,40,42,44)(H2,41,43,45)/t25-,26-,29-,30-,31-,32-,36+,37+/m1/s1. The third kappa shape index (κ3) is 5.88. The Balaban J connectivity index is 0.875. The van der Waals surface area contributed by atoms with Gasteiger partial charge in [0.05, 0.1) is 23.6 Å². The van der Waals surface area contributed by atoms with Crippen LogP contribution in [0.4, 0.5) is 16.4 Å². The van der Waals surface area contributed by atoms with Crippen molar-refractivity contribution in [3.05, 3.63) is 108 Å². The van der Waals surface area contributed by atoms with Crippen molar-refractivity contribution in [3.8, 4) is 23.6 Å². The van der Waals surface area contributed by atoms with Crippen molar-refractivity contribution in [2.75, 3.05) is 11.5 Å². The van der Waals surface area contributed by atoms with Crippen LogP contribution in [-0.2, 0) is 33.5 Å². The lowest BCUT2D eigenvalue weighted by Crippen LogP contribution is -2.40. The molecule has 0 amide bonds. The van der Waals surface area contributed by atoms with Crippen molar-refractivity contribution in [3.63, 3.8) is 0 Å². The zero-order chi connectivity index (χ0) is 39.4. The van der Waals surface area contributed by atoms with Gasteiger partial charge in [-0.25, -0.2) is 23.8 Å². The molecule has 0 spiro atoms. The van der Waals surface area contributed by atoms with Crippen molar-refractivity contribution < 1.29 is 44.2 Å². The Labute approximate surface area is 316 Å². The molecular weight excluding hydrogens is 728 g/mol. The fraction of sp³-hybridized carbons (Fsp3) is 0.270. The smallest absolute Gasteiger partial charge is 0.395 e. The average Bonchev–Trinajstić information content (AvgIpc) is 3.95. The highest BCUT2D eigenvalue weighted by Gasteiger charge is 2.58. The second-order valence-electron chi connectivity index (χ2n) is 13.4. The van der Waals surface area contributed by atoms with E-state index in [0.29, 0.717) is 22.2 Å². The Morgan fingerprint density at radius 3 is 1.45 bits per heavy atom. The van der Waals surface area contributed by atoms with E-state index < -0.39 is 54.0 Å². The molecule has 6 aromatic rings. The van der Waals surface area contributed by atoms with Crippen LogP contribution in [0.5, 0.6) is 11.5 Å². The van der Waals surface area contributed by atoms with E-state index in [2.05, 4.69) is 20.2 Å². The van der Waals surface area contributed by atoms with Crippen LogP contribution in [0, 0.1) is 22.7 Å². The van der Waals surface area contributed by atoms with Gasteiger partial charge in [0.1, 0.15) is 71.7 Å². The average molecular weight is 761 g/mol. The van der Waals surface area contributed by atoms with Gasteiger partial charge in [-0.2, -0.15) is 20.7 Å². The Kier molecular flexibility index (Phi) is 8.97. The van der Waals surface area contributed by atoms with Gasteiger partial charge in [0, 0.05) is 12.8 Å². The van der Waals surface area contributed by atoms with Crippen LogP contribution in [0.1, 0.15) is 22.5 Å². The molecular formula is C37H32N10O9. The number of aliphatic hydroxyl groups excluding tert-OH is 4. The number of aliphatic hydroxyl groups is 4. The molecule has 6 heterocycles. The lowest BCUT2D eigenvalue weighted by atomic mass is 9.91. The van der Waals surface area contributed by atoms with Crippen LogP contribution in [-0.4, -0.2) is 92.4 Å². The van der Waals surface area contributed by atoms with Gasteiger partial charge in [0.2, 0.25) is 11.2 Å². The third-order valence-electron chi connectivity index (χ3n) is 10.1. The molecule has 4 aromatic heterocycles. The first-order chi connectivity index (χ1) is 27.0. The SMILES string of the molecule is N#C[C@@]1(c2ccc3c(N)ncnn23)O[C@H](Cc2ccc(OC(=O)Oc3ccc(C[C@H]4O[C@@](C#N)(c5ccc6c(N)ncnn56)[C@H](O)[C@@H]4O)cc3)cc2)[C@@H](O)[C@H]1O. The molecule has 0 radical (unpaired) electrons. The quantitative estimate of drug-likeness (QED) is 0.0918. The molecule has 0 saturated carbocycles. The van der Waals surface area contributed by atoms with Gasteiger partial charge >= 0.3 is 6.16 Å². The van der Waals surface area contributed by atoms with Gasteiger partial charge in [-0.15, -0.1) is 0 Å². The van der Waals surface area contributed by atoms with Crippen LogP contribution in [0.2, 0.25) is 0 Å². The third-order valence-corrected chi connectivity index (χ3v) is 10.1. The van der Waals surface area contributed by atoms with Gasteiger partial charge in [0.25, 0.3) is 0 Å². The maximum atomic E-state index is 12.6. The van der Waals surface area contributed by atoms with E-state index in [4.69, 9.17) is 30.4 Å². The number of rotatable bonds is 8. The molecule has 0 unspecified atom stereocenters. The monoisotopic (exact) mass is 760 g/mol. The number of anilines is 2. The Bertz CT molecular complexity index is 2360. The largest absolute Gasteiger partial charge is 0.519 e. The summed E-state index contributed by atoms with van der Waals surface area (Å²) >= 11 is 0. The minimum Gasteiger partial charge on any atom is -0.395 e. The number of hydrogen-bond acceptors (Lipinski definition) is 17. The first-order valence-corrected chi connectivity index (χ1v) is 17.1. The number of nitrogen functional groups attached to an aromatic ring is 2. The number of carbonyl (C=O) groups is 1. The Morgan fingerprint density at radius 2 is 1.07 bits per heavy atom. The van der Waals surface area contributed by atoms with Crippen LogP contribution in [0.25, 0.3) is 11.0 Å². The van der Waals surface area contributed by atoms with Crippen LogP contribution in [0.15, 0.2) is 85.5 Å². The topological polar surface area (TPSA) is 295 Å². The minimum atomic E-state index is -1.94. The van der Waals surface area contributed by atoms with Gasteiger partial charge in [-0.05, 0) is 59.7 Å². The number of hydrogen-bond donors (Lipinski definition) is 6. The highest BCUT2D eigenvalue weighted by atomic mass is 16.7. The van der Waals surface area contributed by atoms with Crippen LogP contribution < -0.4 is 20.9 Å². The van der Waals surface area contributed by atoms with Gasteiger partial charge in [0.15, 0.2) is 11.6 Å². The van der Waals surface area contributed by atoms with E-state index in [1.54, 1.807) is 36.4 Å². The number of benzene rings is 2. The molecule has 0 aliphatic carbocycles. The number of fused-ring (bicyclic) bond motifs is 2. The van der Waals surface area contributed by atoms with E-state index in [1.807, 2.05) is 12.1 Å². The molecule has 2 aromatic carbocycles. The predicted octanol–water partition coefficient (Wildman–Crippen LogP) is 0.679. The van der Waals surface area contributed by atoms with Crippen molar-refractivity contribution >= 4 is 28.8 Å². The number of nitrogens with zero attached hydrogens (tertiary/aromatic N) is 8. The maximum Gasteiger partial charge on any atom is 0.519 e. The zero-order valence-electron chi connectivity index (χ0n) is 29.0. The highest BCUT2D eigenvalue weighted by Crippen LogP contribution is 2.43. The molecule has 284 valence electrons. The lowest BCUT2D eigenvalue weighted by Gasteiger charge is -2.24. The molecule has 8 atom stereocenters. The number of nitriles is 2. The molecule has 2 aliphatic rings. The maximum absolute atomic E-state index is 12.6. The molecule has 19 nitrogen and oxygen atoms in total. The van der Waals surface area contributed by atoms with Crippen LogP contribution in [0.3, 0.4) is 0 Å². The zero-order valence-corrected chi connectivity index (χ0v) is 29.0. The van der Waals surface area contributed by atoms with Crippen molar-refractivity contribution in [1.29, 1.82) is 10.5 Å². The molecule has 0 bridgehead atoms. The second-order valence-corrected chi connectivity index (χ2v) is 13.4. The normalized spacial score (nSPS) is 27.2. The van der Waals surface area contributed by atoms with E-state index in [9.17, 15) is 35.7 Å². The Hall–Kier alpha value is -6.71. The molecule has 2 fully saturated rings. The fourth-order valence-electron chi connectivity index (χ4n) is 7.23. The molecule has 19 heteroatoms. The van der Waals surface area contributed by atoms with Crippen molar-refractivity contribution in [1.82, 2.24) is 29.2 Å². The summed E-state index contributed by atoms with van der Waals surface area (Å²) in [7, 11) is 0. The van der Waals surface area contributed by atoms with E-state index >= 15 is 0 Å². The summed E-state index contributed by atoms with van der Waals surface area (Å²) in [5.41, 5.74) is 10.4. The van der Waals surface area contributed by atoms with Crippen LogP contribution >= 0.6 is 0 Å². The molecule has 2 aliphatic heterocycles. The summed E-state index contributed by atoms with van der Waals surface area (Å²) in [4.78, 5) is 20.5. The number of carbonyl (C=O) groups excluding carboxylic acids is 1. The highest BCUT2D eigenvalue weighted by molar-refractivity contribution is 5.68. The first-order valence-electron chi connectivity index (χ1n) is 17.1. The summed E-state index contributed by atoms with van der Waals surface area (Å²) in [6.45, 7) is 0. The van der Waals surface area contributed by atoms with E-state index in [-0.39, 0.29) is 47.4 Å². The minimum absolute atomic E-state index is 0.103. The molecule has 8 rings (SSSR count). The number of aromatic nitrogens is 6. The van der Waals surface area contributed by atoms with E-state index in [1.165, 1.54) is 58.1 Å². The molecule has 8 N–H and O–H groups in total. The predicted molar refractivity (Wildman–Crippen MR) is 190 cm³/mol. The van der Waals surface area contributed by atoms with Gasteiger partial charge in [-0.1, -0.05) is 24.3 Å². The summed E-state index contributed by atoms with van der Waals surface area (Å²) in [5.74, 6) is 0.643. The van der Waals surface area contributed by atoms with Gasteiger partial charge < -0.3 is 50.8 Å². The second kappa shape index (κ2) is 13.9. The Morgan fingerprint density at radius 1 is 0.679 bits per heavy atom. The number of ether oxygens (including phenoxy) is 4. The summed E-state index contributed by atoms with van der Waals surface area (Å²) < 4.78 is 25.4. The van der Waals surface area contributed by atoms with Gasteiger partial charge in [-0.3, -0.25) is 0 Å².